The van der Waals surface area contributed by atoms with Gasteiger partial charge in [0.15, 0.2) is 5.43 Å². The Morgan fingerprint density at radius 2 is 1.94 bits per heavy atom. The summed E-state index contributed by atoms with van der Waals surface area (Å²) >= 11 is 0. The second kappa shape index (κ2) is 3.37. The van der Waals surface area contributed by atoms with Crippen LogP contribution in [0.3, 0.4) is 0 Å². The Morgan fingerprint density at radius 3 is 2.67 bits per heavy atom. The molecule has 1 aliphatic rings. The summed E-state index contributed by atoms with van der Waals surface area (Å²) in [5, 5.41) is 0.768. The van der Waals surface area contributed by atoms with Crippen LogP contribution in [0.25, 0.3) is 10.9 Å². The maximum absolute atomic E-state index is 12.6. The Hall–Kier alpha value is -1.77. The molecule has 0 aliphatic carbocycles. The van der Waals surface area contributed by atoms with Crippen molar-refractivity contribution in [3.63, 3.8) is 0 Å². The van der Waals surface area contributed by atoms with E-state index in [9.17, 15) is 4.79 Å². The van der Waals surface area contributed by atoms with E-state index in [0.29, 0.717) is 0 Å². The van der Waals surface area contributed by atoms with Crippen molar-refractivity contribution < 1.29 is 4.74 Å². The van der Waals surface area contributed by atoms with Crippen molar-refractivity contribution in [1.29, 1.82) is 0 Å². The van der Waals surface area contributed by atoms with Crippen LogP contribution < -0.4 is 10.2 Å². The Kier molecular flexibility index (Phi) is 2.12. The minimum Gasteiger partial charge on any atom is -0.475 e. The fourth-order valence-corrected chi connectivity index (χ4v) is 2.69. The summed E-state index contributed by atoms with van der Waals surface area (Å²) in [4.78, 5) is 12.6. The maximum atomic E-state index is 12.6. The van der Waals surface area contributed by atoms with E-state index in [1.807, 2.05) is 42.8 Å². The van der Waals surface area contributed by atoms with E-state index >= 15 is 0 Å². The molecule has 3 nitrogen and oxygen atoms in total. The summed E-state index contributed by atoms with van der Waals surface area (Å²) in [5.41, 5.74) is 1.59. The number of ether oxygens (including phenoxy) is 1. The van der Waals surface area contributed by atoms with Crippen LogP contribution >= 0.6 is 0 Å². The van der Waals surface area contributed by atoms with Crippen LogP contribution in [0.15, 0.2) is 29.1 Å². The number of fused-ring (bicyclic) bond motifs is 2. The van der Waals surface area contributed by atoms with Crippen molar-refractivity contribution in [2.75, 3.05) is 0 Å². The van der Waals surface area contributed by atoms with Crippen LogP contribution in [0, 0.1) is 0 Å². The molecule has 1 aromatic carbocycles. The molecule has 1 aliphatic heterocycles. The van der Waals surface area contributed by atoms with Gasteiger partial charge in [0, 0.05) is 17.8 Å². The first-order valence-electron chi connectivity index (χ1n) is 6.23. The number of nitrogens with zero attached hydrogens (tertiary/aromatic N) is 1. The van der Waals surface area contributed by atoms with Crippen LogP contribution in [0.1, 0.15) is 26.3 Å². The van der Waals surface area contributed by atoms with Crippen molar-refractivity contribution in [2.45, 2.75) is 32.3 Å². The van der Waals surface area contributed by atoms with Gasteiger partial charge < -0.3 is 9.30 Å². The zero-order valence-corrected chi connectivity index (χ0v) is 11.2. The summed E-state index contributed by atoms with van der Waals surface area (Å²) in [6.07, 6.45) is 0.0169. The van der Waals surface area contributed by atoms with Gasteiger partial charge in [-0.25, -0.2) is 0 Å². The normalized spacial score (nSPS) is 20.8. The highest BCUT2D eigenvalue weighted by molar-refractivity contribution is 5.81. The molecule has 0 spiro atoms. The lowest BCUT2D eigenvalue weighted by molar-refractivity contribution is 0.176. The van der Waals surface area contributed by atoms with E-state index in [2.05, 4.69) is 13.8 Å². The van der Waals surface area contributed by atoms with Crippen LogP contribution in [-0.2, 0) is 12.5 Å². The molecular formula is C15H17NO2. The highest BCUT2D eigenvalue weighted by Gasteiger charge is 2.42. The molecule has 0 saturated heterocycles. The highest BCUT2D eigenvalue weighted by atomic mass is 16.5. The fraction of sp³-hybridized carbons (Fsp3) is 0.400. The zero-order valence-electron chi connectivity index (χ0n) is 11.2. The second-order valence-corrected chi connectivity index (χ2v) is 5.57. The molecule has 3 heteroatoms. The standard InChI is InChI=1S/C15H17NO2/c1-9-15(2,3)12-13(17)10-7-5-6-8-11(10)16(4)14(12)18-9/h5-9H,1-4H3/t9-/m1/s1. The summed E-state index contributed by atoms with van der Waals surface area (Å²) in [6, 6.07) is 7.69. The lowest BCUT2D eigenvalue weighted by atomic mass is 9.82. The zero-order chi connectivity index (χ0) is 13.1. The number of para-hydroxylation sites is 1. The average Bonchev–Trinajstić information content (AvgIpc) is 2.58. The molecule has 94 valence electrons. The first-order valence-corrected chi connectivity index (χ1v) is 6.23. The van der Waals surface area contributed by atoms with Gasteiger partial charge in [0.2, 0.25) is 5.88 Å². The Balaban J connectivity index is 2.52. The Labute approximate surface area is 106 Å². The van der Waals surface area contributed by atoms with Gasteiger partial charge in [0.1, 0.15) is 6.10 Å². The van der Waals surface area contributed by atoms with Crippen molar-refractivity contribution >= 4 is 10.9 Å². The summed E-state index contributed by atoms with van der Waals surface area (Å²) < 4.78 is 7.89. The molecule has 0 amide bonds. The van der Waals surface area contributed by atoms with Gasteiger partial charge in [-0.3, -0.25) is 4.79 Å². The molecule has 0 fully saturated rings. The van der Waals surface area contributed by atoms with E-state index in [4.69, 9.17) is 4.74 Å². The number of pyridine rings is 1. The number of aryl methyl sites for hydroxylation is 1. The third-order valence-corrected chi connectivity index (χ3v) is 4.20. The largest absolute Gasteiger partial charge is 0.475 e. The molecule has 1 atom stereocenters. The van der Waals surface area contributed by atoms with Crippen LogP contribution in [0.2, 0.25) is 0 Å². The minimum absolute atomic E-state index is 0.0169. The molecule has 2 aromatic rings. The second-order valence-electron chi connectivity index (χ2n) is 5.57. The molecule has 0 saturated carbocycles. The topological polar surface area (TPSA) is 31.2 Å². The third kappa shape index (κ3) is 1.22. The van der Waals surface area contributed by atoms with Crippen molar-refractivity contribution in [3.05, 3.63) is 40.1 Å². The molecule has 0 bridgehead atoms. The first kappa shape index (κ1) is 11.3. The van der Waals surface area contributed by atoms with Crippen LogP contribution in [0.4, 0.5) is 0 Å². The highest BCUT2D eigenvalue weighted by Crippen LogP contribution is 2.41. The molecule has 0 radical (unpaired) electrons. The molecular weight excluding hydrogens is 226 g/mol. The quantitative estimate of drug-likeness (QED) is 0.712. The number of aromatic nitrogens is 1. The van der Waals surface area contributed by atoms with Gasteiger partial charge >= 0.3 is 0 Å². The van der Waals surface area contributed by atoms with Gasteiger partial charge in [-0.1, -0.05) is 26.0 Å². The van der Waals surface area contributed by atoms with E-state index in [0.717, 1.165) is 22.3 Å². The van der Waals surface area contributed by atoms with Crippen LogP contribution in [0.5, 0.6) is 5.88 Å². The monoisotopic (exact) mass is 243 g/mol. The number of hydrogen-bond donors (Lipinski definition) is 0. The summed E-state index contributed by atoms with van der Waals surface area (Å²) in [5.74, 6) is 0.719. The first-order chi connectivity index (χ1) is 8.44. The van der Waals surface area contributed by atoms with E-state index in [1.54, 1.807) is 0 Å². The number of hydrogen-bond acceptors (Lipinski definition) is 2. The molecule has 0 unspecified atom stereocenters. The van der Waals surface area contributed by atoms with Gasteiger partial charge in [0.25, 0.3) is 0 Å². The average molecular weight is 243 g/mol. The van der Waals surface area contributed by atoms with Crippen molar-refractivity contribution in [1.82, 2.24) is 4.57 Å². The molecule has 0 N–H and O–H groups in total. The van der Waals surface area contributed by atoms with E-state index in [1.165, 1.54) is 0 Å². The van der Waals surface area contributed by atoms with E-state index in [-0.39, 0.29) is 16.9 Å². The van der Waals surface area contributed by atoms with Crippen molar-refractivity contribution in [3.8, 4) is 5.88 Å². The fourth-order valence-electron chi connectivity index (χ4n) is 2.69. The van der Waals surface area contributed by atoms with Gasteiger partial charge in [-0.15, -0.1) is 0 Å². The van der Waals surface area contributed by atoms with Crippen LogP contribution in [-0.4, -0.2) is 10.7 Å². The molecule has 2 heterocycles. The summed E-state index contributed by atoms with van der Waals surface area (Å²) in [7, 11) is 1.95. The smallest absolute Gasteiger partial charge is 0.201 e. The number of benzene rings is 1. The molecule has 18 heavy (non-hydrogen) atoms. The Morgan fingerprint density at radius 1 is 1.28 bits per heavy atom. The lowest BCUT2D eigenvalue weighted by Crippen LogP contribution is -2.32. The Bertz CT molecular complexity index is 697. The van der Waals surface area contributed by atoms with Gasteiger partial charge in [0.05, 0.1) is 11.1 Å². The molecule has 3 rings (SSSR count). The number of rotatable bonds is 0. The SMILES string of the molecule is C[C@H]1Oc2c(c(=O)c3ccccc3n2C)C1(C)C. The predicted octanol–water partition coefficient (Wildman–Crippen LogP) is 2.60. The van der Waals surface area contributed by atoms with Gasteiger partial charge in [-0.2, -0.15) is 0 Å². The van der Waals surface area contributed by atoms with Crippen molar-refractivity contribution in [2.24, 2.45) is 7.05 Å². The maximum Gasteiger partial charge on any atom is 0.201 e. The third-order valence-electron chi connectivity index (χ3n) is 4.20. The lowest BCUT2D eigenvalue weighted by Gasteiger charge is -2.21. The van der Waals surface area contributed by atoms with Gasteiger partial charge in [-0.05, 0) is 19.1 Å². The van der Waals surface area contributed by atoms with E-state index < -0.39 is 0 Å². The minimum atomic E-state index is -0.242. The molecule has 1 aromatic heterocycles. The predicted molar refractivity (Wildman–Crippen MR) is 72.3 cm³/mol. The summed E-state index contributed by atoms with van der Waals surface area (Å²) in [6.45, 7) is 6.16.